The number of hydrogen-bond donors (Lipinski definition) is 2. The predicted octanol–water partition coefficient (Wildman–Crippen LogP) is 3.19. The maximum Gasteiger partial charge on any atom is 0.225 e. The molecule has 2 aromatic carbocycles. The maximum absolute atomic E-state index is 12.2. The van der Waals surface area contributed by atoms with Crippen LogP contribution in [0.1, 0.15) is 31.4 Å². The van der Waals surface area contributed by atoms with E-state index in [0.29, 0.717) is 13.2 Å². The molecule has 30 heavy (non-hydrogen) atoms. The fourth-order valence-electron chi connectivity index (χ4n) is 3.56. The van der Waals surface area contributed by atoms with Gasteiger partial charge in [0, 0.05) is 38.6 Å². The van der Waals surface area contributed by atoms with Gasteiger partial charge in [0.1, 0.15) is 12.4 Å². The van der Waals surface area contributed by atoms with E-state index in [9.17, 15) is 4.79 Å². The Morgan fingerprint density at radius 3 is 2.53 bits per heavy atom. The van der Waals surface area contributed by atoms with Crippen molar-refractivity contribution < 1.29 is 9.53 Å². The van der Waals surface area contributed by atoms with Crippen LogP contribution in [0.15, 0.2) is 59.6 Å². The summed E-state index contributed by atoms with van der Waals surface area (Å²) in [5.41, 5.74) is 2.30. The van der Waals surface area contributed by atoms with Crippen LogP contribution in [-0.2, 0) is 17.9 Å². The van der Waals surface area contributed by atoms with E-state index in [1.807, 2.05) is 61.2 Å². The molecule has 1 amide bonds. The first kappa shape index (κ1) is 21.7. The van der Waals surface area contributed by atoms with Gasteiger partial charge in [0.2, 0.25) is 5.91 Å². The lowest BCUT2D eigenvalue weighted by Gasteiger charge is -2.20. The van der Waals surface area contributed by atoms with Crippen LogP contribution in [0.3, 0.4) is 0 Å². The second-order valence-corrected chi connectivity index (χ2v) is 7.87. The van der Waals surface area contributed by atoms with E-state index in [-0.39, 0.29) is 17.9 Å². The highest BCUT2D eigenvalue weighted by molar-refractivity contribution is 5.81. The molecule has 0 radical (unpaired) electrons. The third-order valence-corrected chi connectivity index (χ3v) is 5.26. The summed E-state index contributed by atoms with van der Waals surface area (Å²) < 4.78 is 5.92. The van der Waals surface area contributed by atoms with E-state index < -0.39 is 0 Å². The molecule has 1 saturated heterocycles. The molecule has 0 aromatic heterocycles. The number of aliphatic imine (C=N–C) groups is 1. The van der Waals surface area contributed by atoms with Crippen LogP contribution in [0, 0.1) is 5.92 Å². The van der Waals surface area contributed by atoms with Crippen LogP contribution in [0.25, 0.3) is 0 Å². The quantitative estimate of drug-likeness (QED) is 0.546. The summed E-state index contributed by atoms with van der Waals surface area (Å²) in [6, 6.07) is 18.3. The standard InChI is InChI=1S/C24H32N4O2/c1-18(2)23(29)28-14-13-21(16-28)27-24(25-3)26-15-19-9-7-8-10-20(19)17-30-22-11-5-4-6-12-22/h4-12,18,21H,13-17H2,1-3H3,(H2,25,26,27). The van der Waals surface area contributed by atoms with E-state index in [4.69, 9.17) is 4.74 Å². The molecule has 1 fully saturated rings. The Hall–Kier alpha value is -3.02. The van der Waals surface area contributed by atoms with Gasteiger partial charge in [0.15, 0.2) is 5.96 Å². The second kappa shape index (κ2) is 10.7. The van der Waals surface area contributed by atoms with Crippen LogP contribution < -0.4 is 15.4 Å². The number of amides is 1. The molecule has 2 aromatic rings. The van der Waals surface area contributed by atoms with Gasteiger partial charge in [0.25, 0.3) is 0 Å². The number of rotatable bonds is 7. The number of nitrogens with one attached hydrogen (secondary N) is 2. The summed E-state index contributed by atoms with van der Waals surface area (Å²) in [6.07, 6.45) is 0.931. The third kappa shape index (κ3) is 5.99. The minimum atomic E-state index is 0.0378. The lowest BCUT2D eigenvalue weighted by Crippen LogP contribution is -2.45. The molecule has 2 N–H and O–H groups in total. The number of carbonyl (C=O) groups excluding carboxylic acids is 1. The van der Waals surface area contributed by atoms with Crippen LogP contribution in [0.5, 0.6) is 5.75 Å². The van der Waals surface area contributed by atoms with Crippen molar-refractivity contribution in [3.8, 4) is 5.75 Å². The predicted molar refractivity (Wildman–Crippen MR) is 120 cm³/mol. The molecule has 0 bridgehead atoms. The number of nitrogens with zero attached hydrogens (tertiary/aromatic N) is 2. The second-order valence-electron chi connectivity index (χ2n) is 7.87. The molecule has 0 spiro atoms. The SMILES string of the molecule is CN=C(NCc1ccccc1COc1ccccc1)NC1CCN(C(=O)C(C)C)C1. The van der Waals surface area contributed by atoms with Gasteiger partial charge in [-0.1, -0.05) is 56.3 Å². The molecular weight excluding hydrogens is 376 g/mol. The van der Waals surface area contributed by atoms with E-state index in [2.05, 4.69) is 27.8 Å². The summed E-state index contributed by atoms with van der Waals surface area (Å²) >= 11 is 0. The van der Waals surface area contributed by atoms with Crippen molar-refractivity contribution in [3.05, 3.63) is 65.7 Å². The van der Waals surface area contributed by atoms with Crippen molar-refractivity contribution in [2.75, 3.05) is 20.1 Å². The molecule has 1 heterocycles. The molecular formula is C24H32N4O2. The van der Waals surface area contributed by atoms with Gasteiger partial charge in [-0.05, 0) is 29.7 Å². The average molecular weight is 409 g/mol. The first-order valence-corrected chi connectivity index (χ1v) is 10.6. The van der Waals surface area contributed by atoms with Gasteiger partial charge in [-0.3, -0.25) is 9.79 Å². The third-order valence-electron chi connectivity index (χ3n) is 5.26. The summed E-state index contributed by atoms with van der Waals surface area (Å²) in [6.45, 7) is 6.58. The highest BCUT2D eigenvalue weighted by atomic mass is 16.5. The van der Waals surface area contributed by atoms with Crippen molar-refractivity contribution in [2.24, 2.45) is 10.9 Å². The van der Waals surface area contributed by atoms with E-state index in [0.717, 1.165) is 36.8 Å². The lowest BCUT2D eigenvalue weighted by molar-refractivity contribution is -0.133. The number of hydrogen-bond acceptors (Lipinski definition) is 3. The molecule has 1 atom stereocenters. The zero-order valence-corrected chi connectivity index (χ0v) is 18.1. The van der Waals surface area contributed by atoms with Gasteiger partial charge in [-0.2, -0.15) is 0 Å². The largest absolute Gasteiger partial charge is 0.489 e. The topological polar surface area (TPSA) is 66.0 Å². The van der Waals surface area contributed by atoms with E-state index in [1.165, 1.54) is 5.56 Å². The molecule has 6 heteroatoms. The highest BCUT2D eigenvalue weighted by Gasteiger charge is 2.27. The van der Waals surface area contributed by atoms with Crippen LogP contribution in [0.2, 0.25) is 0 Å². The van der Waals surface area contributed by atoms with Crippen molar-refractivity contribution in [3.63, 3.8) is 0 Å². The number of carbonyl (C=O) groups is 1. The molecule has 1 aliphatic rings. The zero-order chi connectivity index (χ0) is 21.3. The van der Waals surface area contributed by atoms with Gasteiger partial charge < -0.3 is 20.3 Å². The fourth-order valence-corrected chi connectivity index (χ4v) is 3.56. The Balaban J connectivity index is 1.52. The summed E-state index contributed by atoms with van der Waals surface area (Å²) in [7, 11) is 1.77. The van der Waals surface area contributed by atoms with Gasteiger partial charge in [-0.15, -0.1) is 0 Å². The number of ether oxygens (including phenoxy) is 1. The molecule has 1 unspecified atom stereocenters. The molecule has 0 saturated carbocycles. The van der Waals surface area contributed by atoms with Crippen molar-refractivity contribution in [1.82, 2.24) is 15.5 Å². The fraction of sp³-hybridized carbons (Fsp3) is 0.417. The Morgan fingerprint density at radius 2 is 1.83 bits per heavy atom. The number of para-hydroxylation sites is 1. The Bertz CT molecular complexity index is 851. The molecule has 3 rings (SSSR count). The van der Waals surface area contributed by atoms with Gasteiger partial charge >= 0.3 is 0 Å². The highest BCUT2D eigenvalue weighted by Crippen LogP contribution is 2.15. The number of guanidine groups is 1. The van der Waals surface area contributed by atoms with Crippen LogP contribution in [0.4, 0.5) is 0 Å². The summed E-state index contributed by atoms with van der Waals surface area (Å²) in [4.78, 5) is 18.5. The average Bonchev–Trinajstić information content (AvgIpc) is 3.24. The Labute approximate surface area is 179 Å². The van der Waals surface area contributed by atoms with Gasteiger partial charge in [0.05, 0.1) is 0 Å². The zero-order valence-electron chi connectivity index (χ0n) is 18.1. The normalized spacial score (nSPS) is 16.6. The van der Waals surface area contributed by atoms with E-state index in [1.54, 1.807) is 7.05 Å². The van der Waals surface area contributed by atoms with Crippen molar-refractivity contribution >= 4 is 11.9 Å². The maximum atomic E-state index is 12.2. The smallest absolute Gasteiger partial charge is 0.225 e. The molecule has 6 nitrogen and oxygen atoms in total. The van der Waals surface area contributed by atoms with E-state index >= 15 is 0 Å². The number of likely N-dealkylation sites (tertiary alicyclic amines) is 1. The van der Waals surface area contributed by atoms with Gasteiger partial charge in [-0.25, -0.2) is 0 Å². The molecule has 1 aliphatic heterocycles. The Kier molecular flexibility index (Phi) is 7.71. The lowest BCUT2D eigenvalue weighted by atomic mass is 10.1. The van der Waals surface area contributed by atoms with Crippen LogP contribution >= 0.6 is 0 Å². The minimum Gasteiger partial charge on any atom is -0.489 e. The van der Waals surface area contributed by atoms with Crippen LogP contribution in [-0.4, -0.2) is 42.9 Å². The molecule has 160 valence electrons. The first-order chi connectivity index (χ1) is 14.6. The van der Waals surface area contributed by atoms with Crippen molar-refractivity contribution in [2.45, 2.75) is 39.5 Å². The van der Waals surface area contributed by atoms with Crippen molar-refractivity contribution in [1.29, 1.82) is 0 Å². The monoisotopic (exact) mass is 408 g/mol. The Morgan fingerprint density at radius 1 is 1.13 bits per heavy atom. The minimum absolute atomic E-state index is 0.0378. The first-order valence-electron chi connectivity index (χ1n) is 10.6. The summed E-state index contributed by atoms with van der Waals surface area (Å²) in [5.74, 6) is 1.86. The molecule has 0 aliphatic carbocycles. The summed E-state index contributed by atoms with van der Waals surface area (Å²) in [5, 5.41) is 6.85. The number of benzene rings is 2.